The first-order chi connectivity index (χ1) is 9.10. The number of anilines is 1. The predicted octanol–water partition coefficient (Wildman–Crippen LogP) is 1.44. The number of rotatable bonds is 3. The molecule has 0 aromatic heterocycles. The zero-order valence-electron chi connectivity index (χ0n) is 12.1. The molecule has 4 N–H and O–H groups in total. The maximum atomic E-state index is 13.5. The van der Waals surface area contributed by atoms with Crippen molar-refractivity contribution in [1.29, 1.82) is 0 Å². The van der Waals surface area contributed by atoms with Gasteiger partial charge in [-0.3, -0.25) is 9.59 Å². The van der Waals surface area contributed by atoms with E-state index >= 15 is 0 Å². The highest BCUT2D eigenvalue weighted by atomic mass is 19.1. The van der Waals surface area contributed by atoms with E-state index < -0.39 is 23.3 Å². The van der Waals surface area contributed by atoms with Crippen molar-refractivity contribution in [3.63, 3.8) is 0 Å². The molecule has 0 fully saturated rings. The Kier molecular flexibility index (Phi) is 4.70. The van der Waals surface area contributed by atoms with Gasteiger partial charge in [0, 0.05) is 11.2 Å². The van der Waals surface area contributed by atoms with E-state index in [0.29, 0.717) is 0 Å². The summed E-state index contributed by atoms with van der Waals surface area (Å²) in [6, 6.07) is 2.94. The molecule has 2 amide bonds. The van der Waals surface area contributed by atoms with Crippen molar-refractivity contribution in [2.24, 2.45) is 0 Å². The molecule has 0 saturated heterocycles. The van der Waals surface area contributed by atoms with Crippen molar-refractivity contribution in [2.75, 3.05) is 5.73 Å². The van der Waals surface area contributed by atoms with Crippen molar-refractivity contribution in [1.82, 2.24) is 10.6 Å². The highest BCUT2D eigenvalue weighted by molar-refractivity contribution is 5.98. The Morgan fingerprint density at radius 2 is 1.90 bits per heavy atom. The molecule has 0 bridgehead atoms. The first-order valence-electron chi connectivity index (χ1n) is 6.28. The fourth-order valence-electron chi connectivity index (χ4n) is 1.53. The van der Waals surface area contributed by atoms with Crippen LogP contribution in [0.1, 0.15) is 38.1 Å². The van der Waals surface area contributed by atoms with Crippen LogP contribution in [0, 0.1) is 5.82 Å². The van der Waals surface area contributed by atoms with Crippen LogP contribution in [-0.4, -0.2) is 23.4 Å². The maximum Gasteiger partial charge on any atom is 0.254 e. The molecule has 110 valence electrons. The van der Waals surface area contributed by atoms with Gasteiger partial charge in [0.2, 0.25) is 5.91 Å². The second-order valence-corrected chi connectivity index (χ2v) is 5.67. The lowest BCUT2D eigenvalue weighted by atomic mass is 10.1. The number of carbonyl (C=O) groups excluding carboxylic acids is 2. The molecule has 0 aliphatic carbocycles. The Morgan fingerprint density at radius 1 is 1.30 bits per heavy atom. The third-order valence-electron chi connectivity index (χ3n) is 2.47. The van der Waals surface area contributed by atoms with E-state index in [1.807, 2.05) is 20.8 Å². The highest BCUT2D eigenvalue weighted by Crippen LogP contribution is 2.12. The summed E-state index contributed by atoms with van der Waals surface area (Å²) in [5.74, 6) is -1.69. The zero-order valence-corrected chi connectivity index (χ0v) is 12.1. The Hall–Kier alpha value is -2.11. The van der Waals surface area contributed by atoms with E-state index in [0.717, 1.165) is 6.07 Å². The van der Waals surface area contributed by atoms with Crippen molar-refractivity contribution >= 4 is 17.5 Å². The van der Waals surface area contributed by atoms with Crippen LogP contribution in [0.5, 0.6) is 0 Å². The van der Waals surface area contributed by atoms with E-state index in [-0.39, 0.29) is 17.2 Å². The average Bonchev–Trinajstić information content (AvgIpc) is 2.29. The lowest BCUT2D eigenvalue weighted by Gasteiger charge is -2.23. The molecule has 0 spiro atoms. The molecule has 0 aliphatic heterocycles. The zero-order chi connectivity index (χ0) is 15.5. The first-order valence-corrected chi connectivity index (χ1v) is 6.28. The molecular weight excluding hydrogens is 261 g/mol. The smallest absolute Gasteiger partial charge is 0.254 e. The molecule has 0 aliphatic rings. The molecule has 1 rings (SSSR count). The van der Waals surface area contributed by atoms with Crippen LogP contribution in [0.3, 0.4) is 0 Å². The number of hydrogen-bond acceptors (Lipinski definition) is 3. The monoisotopic (exact) mass is 281 g/mol. The van der Waals surface area contributed by atoms with Crippen LogP contribution in [0.2, 0.25) is 0 Å². The third kappa shape index (κ3) is 4.53. The number of amides is 2. The minimum atomic E-state index is -0.775. The first kappa shape index (κ1) is 15.9. The quantitative estimate of drug-likeness (QED) is 0.733. The molecule has 0 saturated carbocycles. The number of nitrogens with one attached hydrogen (secondary N) is 2. The van der Waals surface area contributed by atoms with Crippen molar-refractivity contribution in [3.05, 3.63) is 29.6 Å². The standard InChI is InChI=1S/C14H20FN3O2/c1-8(12(19)18-14(2,3)4)17-13(20)10-7-9(16)5-6-11(10)15/h5-8H,16H2,1-4H3,(H,17,20)(H,18,19). The second kappa shape index (κ2) is 5.90. The number of halogens is 1. The van der Waals surface area contributed by atoms with Crippen LogP contribution >= 0.6 is 0 Å². The second-order valence-electron chi connectivity index (χ2n) is 5.67. The number of benzene rings is 1. The molecule has 0 heterocycles. The topological polar surface area (TPSA) is 84.2 Å². The van der Waals surface area contributed by atoms with E-state index in [2.05, 4.69) is 10.6 Å². The van der Waals surface area contributed by atoms with Crippen LogP contribution in [0.15, 0.2) is 18.2 Å². The predicted molar refractivity (Wildman–Crippen MR) is 75.6 cm³/mol. The maximum absolute atomic E-state index is 13.5. The SMILES string of the molecule is CC(NC(=O)c1cc(N)ccc1F)C(=O)NC(C)(C)C. The molecule has 1 unspecified atom stereocenters. The summed E-state index contributed by atoms with van der Waals surface area (Å²) in [5.41, 5.74) is 5.21. The van der Waals surface area contributed by atoms with Crippen molar-refractivity contribution in [3.8, 4) is 0 Å². The molecule has 0 radical (unpaired) electrons. The van der Waals surface area contributed by atoms with Crippen LogP contribution < -0.4 is 16.4 Å². The number of hydrogen-bond donors (Lipinski definition) is 3. The van der Waals surface area contributed by atoms with Gasteiger partial charge in [0.05, 0.1) is 5.56 Å². The van der Waals surface area contributed by atoms with Gasteiger partial charge < -0.3 is 16.4 Å². The van der Waals surface area contributed by atoms with E-state index in [4.69, 9.17) is 5.73 Å². The lowest BCUT2D eigenvalue weighted by molar-refractivity contribution is -0.124. The minimum Gasteiger partial charge on any atom is -0.399 e. The molecule has 6 heteroatoms. The Bertz CT molecular complexity index is 524. The van der Waals surface area contributed by atoms with E-state index in [1.165, 1.54) is 19.1 Å². The summed E-state index contributed by atoms with van der Waals surface area (Å²) in [4.78, 5) is 23.7. The fraction of sp³-hybridized carbons (Fsp3) is 0.429. The van der Waals surface area contributed by atoms with Gasteiger partial charge in [-0.05, 0) is 45.9 Å². The summed E-state index contributed by atoms with van der Waals surface area (Å²) in [5, 5.41) is 5.17. The van der Waals surface area contributed by atoms with E-state index in [9.17, 15) is 14.0 Å². The van der Waals surface area contributed by atoms with Gasteiger partial charge in [0.15, 0.2) is 0 Å². The number of nitrogen functional groups attached to an aromatic ring is 1. The van der Waals surface area contributed by atoms with Gasteiger partial charge in [0.1, 0.15) is 11.9 Å². The average molecular weight is 281 g/mol. The van der Waals surface area contributed by atoms with Gasteiger partial charge in [-0.2, -0.15) is 0 Å². The summed E-state index contributed by atoms with van der Waals surface area (Å²) in [7, 11) is 0. The van der Waals surface area contributed by atoms with Crippen molar-refractivity contribution in [2.45, 2.75) is 39.3 Å². The van der Waals surface area contributed by atoms with Gasteiger partial charge in [-0.15, -0.1) is 0 Å². The number of carbonyl (C=O) groups is 2. The van der Waals surface area contributed by atoms with Gasteiger partial charge in [0.25, 0.3) is 5.91 Å². The molecule has 5 nitrogen and oxygen atoms in total. The number of nitrogens with two attached hydrogens (primary N) is 1. The van der Waals surface area contributed by atoms with Crippen LogP contribution in [0.25, 0.3) is 0 Å². The highest BCUT2D eigenvalue weighted by Gasteiger charge is 2.22. The minimum absolute atomic E-state index is 0.180. The Labute approximate surface area is 117 Å². The molecule has 1 atom stereocenters. The summed E-state index contributed by atoms with van der Waals surface area (Å²) >= 11 is 0. The Balaban J connectivity index is 2.75. The van der Waals surface area contributed by atoms with E-state index in [1.54, 1.807) is 0 Å². The van der Waals surface area contributed by atoms with Gasteiger partial charge >= 0.3 is 0 Å². The van der Waals surface area contributed by atoms with Crippen LogP contribution in [0.4, 0.5) is 10.1 Å². The van der Waals surface area contributed by atoms with Gasteiger partial charge in [-0.1, -0.05) is 0 Å². The lowest BCUT2D eigenvalue weighted by Crippen LogP contribution is -2.50. The van der Waals surface area contributed by atoms with Crippen molar-refractivity contribution < 1.29 is 14.0 Å². The molecule has 20 heavy (non-hydrogen) atoms. The summed E-state index contributed by atoms with van der Waals surface area (Å²) < 4.78 is 13.5. The molecule has 1 aromatic carbocycles. The molecule has 1 aromatic rings. The molecular formula is C14H20FN3O2. The summed E-state index contributed by atoms with van der Waals surface area (Å²) in [6.45, 7) is 7.02. The largest absolute Gasteiger partial charge is 0.399 e. The fourth-order valence-corrected chi connectivity index (χ4v) is 1.53. The normalized spacial score (nSPS) is 12.7. The summed E-state index contributed by atoms with van der Waals surface area (Å²) in [6.07, 6.45) is 0. The Morgan fingerprint density at radius 3 is 2.45 bits per heavy atom. The van der Waals surface area contributed by atoms with Crippen LogP contribution in [-0.2, 0) is 4.79 Å². The van der Waals surface area contributed by atoms with Gasteiger partial charge in [-0.25, -0.2) is 4.39 Å². The third-order valence-corrected chi connectivity index (χ3v) is 2.47.